The first-order valence-electron chi connectivity index (χ1n) is 3.93. The summed E-state index contributed by atoms with van der Waals surface area (Å²) in [4.78, 5) is 0. The Morgan fingerprint density at radius 1 is 1.58 bits per heavy atom. The summed E-state index contributed by atoms with van der Waals surface area (Å²) in [5, 5.41) is 21.5. The van der Waals surface area contributed by atoms with E-state index in [1.54, 1.807) is 0 Å². The van der Waals surface area contributed by atoms with E-state index < -0.39 is 0 Å². The number of nitrogens with zero attached hydrogens (tertiary/aromatic N) is 2. The molecule has 0 radical (unpaired) electrons. The van der Waals surface area contributed by atoms with Crippen molar-refractivity contribution >= 4 is 16.5 Å². The minimum Gasteiger partial charge on any atom is -0.394 e. The van der Waals surface area contributed by atoms with E-state index in [4.69, 9.17) is 5.11 Å². The third-order valence-electron chi connectivity index (χ3n) is 1.57. The maximum atomic E-state index is 8.89. The third kappa shape index (κ3) is 2.42. The first kappa shape index (κ1) is 9.41. The van der Waals surface area contributed by atoms with E-state index in [1.165, 1.54) is 11.3 Å². The highest BCUT2D eigenvalue weighted by Crippen LogP contribution is 2.15. The number of rotatable bonds is 4. The lowest BCUT2D eigenvalue weighted by molar-refractivity contribution is 0.272. The largest absolute Gasteiger partial charge is 0.394 e. The van der Waals surface area contributed by atoms with Gasteiger partial charge in [-0.3, -0.25) is 0 Å². The van der Waals surface area contributed by atoms with Crippen LogP contribution in [-0.4, -0.2) is 28.0 Å². The fraction of sp³-hybridized carbons (Fsp3) is 0.714. The zero-order valence-electron chi connectivity index (χ0n) is 7.24. The Hall–Kier alpha value is -0.680. The normalized spacial score (nSPS) is 12.9. The number of aryl methyl sites for hydroxylation is 1. The molecule has 4 nitrogen and oxygen atoms in total. The Bertz CT molecular complexity index is 234. The molecule has 0 aliphatic carbocycles. The summed E-state index contributed by atoms with van der Waals surface area (Å²) in [6.45, 7) is 4.06. The Kier molecular flexibility index (Phi) is 3.43. The fourth-order valence-corrected chi connectivity index (χ4v) is 1.48. The molecule has 1 aromatic rings. The summed E-state index contributed by atoms with van der Waals surface area (Å²) >= 11 is 1.50. The molecular weight excluding hydrogens is 174 g/mol. The van der Waals surface area contributed by atoms with Crippen LogP contribution >= 0.6 is 11.3 Å². The Labute approximate surface area is 75.6 Å². The maximum Gasteiger partial charge on any atom is 0.205 e. The van der Waals surface area contributed by atoms with Crippen LogP contribution in [0, 0.1) is 6.92 Å². The van der Waals surface area contributed by atoms with E-state index in [-0.39, 0.29) is 12.6 Å². The molecule has 5 heteroatoms. The zero-order chi connectivity index (χ0) is 8.97. The summed E-state index contributed by atoms with van der Waals surface area (Å²) < 4.78 is 0. The molecule has 1 atom stereocenters. The Balaban J connectivity index is 2.50. The highest BCUT2D eigenvalue weighted by atomic mass is 32.1. The summed E-state index contributed by atoms with van der Waals surface area (Å²) in [6, 6.07) is 0.0948. The number of hydrogen-bond donors (Lipinski definition) is 2. The van der Waals surface area contributed by atoms with Crippen molar-refractivity contribution in [2.45, 2.75) is 26.3 Å². The SMILES string of the molecule is CC[C@H](CO)Nc1nnc(C)s1. The number of hydrogen-bond acceptors (Lipinski definition) is 5. The third-order valence-corrected chi connectivity index (χ3v) is 2.34. The van der Waals surface area contributed by atoms with Crippen molar-refractivity contribution in [3.63, 3.8) is 0 Å². The van der Waals surface area contributed by atoms with Gasteiger partial charge in [0.05, 0.1) is 12.6 Å². The van der Waals surface area contributed by atoms with Crippen LogP contribution in [0.25, 0.3) is 0 Å². The van der Waals surface area contributed by atoms with Crippen LogP contribution in [0.4, 0.5) is 5.13 Å². The summed E-state index contributed by atoms with van der Waals surface area (Å²) in [7, 11) is 0. The number of aliphatic hydroxyl groups is 1. The lowest BCUT2D eigenvalue weighted by Gasteiger charge is -2.11. The van der Waals surface area contributed by atoms with Crippen LogP contribution in [-0.2, 0) is 0 Å². The van der Waals surface area contributed by atoms with Crippen LogP contribution in [0.5, 0.6) is 0 Å². The quantitative estimate of drug-likeness (QED) is 0.739. The number of anilines is 1. The van der Waals surface area contributed by atoms with Gasteiger partial charge in [-0.15, -0.1) is 10.2 Å². The average molecular weight is 187 g/mol. The molecule has 0 spiro atoms. The average Bonchev–Trinajstić information content (AvgIpc) is 2.47. The number of nitrogens with one attached hydrogen (secondary N) is 1. The topological polar surface area (TPSA) is 58.0 Å². The highest BCUT2D eigenvalue weighted by molar-refractivity contribution is 7.15. The maximum absolute atomic E-state index is 8.89. The first-order valence-corrected chi connectivity index (χ1v) is 4.75. The van der Waals surface area contributed by atoms with E-state index in [1.807, 2.05) is 13.8 Å². The lowest BCUT2D eigenvalue weighted by Crippen LogP contribution is -2.22. The van der Waals surface area contributed by atoms with Gasteiger partial charge in [0.1, 0.15) is 5.01 Å². The summed E-state index contributed by atoms with van der Waals surface area (Å²) in [5.41, 5.74) is 0. The second kappa shape index (κ2) is 4.37. The predicted octanol–water partition coefficient (Wildman–Crippen LogP) is 1.03. The molecule has 12 heavy (non-hydrogen) atoms. The first-order chi connectivity index (χ1) is 5.76. The van der Waals surface area contributed by atoms with Gasteiger partial charge < -0.3 is 10.4 Å². The van der Waals surface area contributed by atoms with Crippen molar-refractivity contribution in [1.29, 1.82) is 0 Å². The highest BCUT2D eigenvalue weighted by Gasteiger charge is 2.06. The monoisotopic (exact) mass is 187 g/mol. The van der Waals surface area contributed by atoms with Gasteiger partial charge in [-0.2, -0.15) is 0 Å². The Morgan fingerprint density at radius 3 is 2.75 bits per heavy atom. The van der Waals surface area contributed by atoms with E-state index >= 15 is 0 Å². The van der Waals surface area contributed by atoms with Gasteiger partial charge in [0.2, 0.25) is 5.13 Å². The minimum atomic E-state index is 0.0948. The molecule has 1 aromatic heterocycles. The molecule has 0 fully saturated rings. The summed E-state index contributed by atoms with van der Waals surface area (Å²) in [5.74, 6) is 0. The molecule has 0 saturated carbocycles. The van der Waals surface area contributed by atoms with Gasteiger partial charge >= 0.3 is 0 Å². The van der Waals surface area contributed by atoms with Crippen LogP contribution in [0.3, 0.4) is 0 Å². The van der Waals surface area contributed by atoms with Crippen molar-refractivity contribution in [2.75, 3.05) is 11.9 Å². The molecule has 68 valence electrons. The molecule has 0 amide bonds. The van der Waals surface area contributed by atoms with Gasteiger partial charge in [0.15, 0.2) is 0 Å². The van der Waals surface area contributed by atoms with E-state index in [2.05, 4.69) is 15.5 Å². The summed E-state index contributed by atoms with van der Waals surface area (Å²) in [6.07, 6.45) is 0.884. The van der Waals surface area contributed by atoms with Crippen molar-refractivity contribution in [1.82, 2.24) is 10.2 Å². The van der Waals surface area contributed by atoms with Crippen LogP contribution < -0.4 is 5.32 Å². The van der Waals surface area contributed by atoms with Crippen LogP contribution in [0.15, 0.2) is 0 Å². The van der Waals surface area contributed by atoms with Crippen molar-refractivity contribution in [3.8, 4) is 0 Å². The van der Waals surface area contributed by atoms with Gasteiger partial charge in [0.25, 0.3) is 0 Å². The Morgan fingerprint density at radius 2 is 2.33 bits per heavy atom. The standard InChI is InChI=1S/C7H13N3OS/c1-3-6(4-11)8-7-10-9-5(2)12-7/h6,11H,3-4H2,1-2H3,(H,8,10)/t6-/m1/s1. The van der Waals surface area contributed by atoms with Gasteiger partial charge in [0, 0.05) is 0 Å². The van der Waals surface area contributed by atoms with E-state index in [0.717, 1.165) is 16.6 Å². The van der Waals surface area contributed by atoms with Gasteiger partial charge in [-0.05, 0) is 13.3 Å². The zero-order valence-corrected chi connectivity index (χ0v) is 8.06. The molecule has 0 saturated heterocycles. The molecule has 0 aliphatic heterocycles. The van der Waals surface area contributed by atoms with Gasteiger partial charge in [-0.1, -0.05) is 18.3 Å². The smallest absolute Gasteiger partial charge is 0.205 e. The second-order valence-electron chi connectivity index (χ2n) is 2.56. The van der Waals surface area contributed by atoms with Gasteiger partial charge in [-0.25, -0.2) is 0 Å². The number of aliphatic hydroxyl groups excluding tert-OH is 1. The fourth-order valence-electron chi connectivity index (χ4n) is 0.806. The minimum absolute atomic E-state index is 0.0948. The molecule has 2 N–H and O–H groups in total. The van der Waals surface area contributed by atoms with Crippen LogP contribution in [0.1, 0.15) is 18.4 Å². The lowest BCUT2D eigenvalue weighted by atomic mass is 10.2. The predicted molar refractivity (Wildman–Crippen MR) is 49.4 cm³/mol. The molecule has 0 aromatic carbocycles. The number of aromatic nitrogens is 2. The molecule has 0 bridgehead atoms. The molecule has 0 aliphatic rings. The van der Waals surface area contributed by atoms with Crippen molar-refractivity contribution in [2.24, 2.45) is 0 Å². The van der Waals surface area contributed by atoms with Crippen LogP contribution in [0.2, 0.25) is 0 Å². The molecular formula is C7H13N3OS. The van der Waals surface area contributed by atoms with Crippen molar-refractivity contribution < 1.29 is 5.11 Å². The van der Waals surface area contributed by atoms with Crippen molar-refractivity contribution in [3.05, 3.63) is 5.01 Å². The van der Waals surface area contributed by atoms with E-state index in [9.17, 15) is 0 Å². The second-order valence-corrected chi connectivity index (χ2v) is 3.74. The molecule has 1 heterocycles. The molecule has 1 rings (SSSR count). The van der Waals surface area contributed by atoms with E-state index in [0.29, 0.717) is 0 Å². The molecule has 0 unspecified atom stereocenters.